The number of carbonyl (C=O) groups is 1. The summed E-state index contributed by atoms with van der Waals surface area (Å²) in [5.41, 5.74) is 1.65. The Morgan fingerprint density at radius 2 is 2.16 bits per heavy atom. The normalized spacial score (nSPS) is 17.8. The molecule has 0 radical (unpaired) electrons. The Labute approximate surface area is 117 Å². The van der Waals surface area contributed by atoms with Crippen LogP contribution in [-0.4, -0.2) is 34.4 Å². The maximum absolute atomic E-state index is 12.4. The predicted molar refractivity (Wildman–Crippen MR) is 78.5 cm³/mol. The van der Waals surface area contributed by atoms with Crippen LogP contribution in [0.4, 0.5) is 0 Å². The summed E-state index contributed by atoms with van der Waals surface area (Å²) in [5.74, 6) is 1.23. The molecule has 1 aliphatic carbocycles. The molecule has 0 bridgehead atoms. The SMILES string of the molecule is C[C@@H](C1CC1)N(C)C(=O)c1cccc(C[S@](C)=O)c1. The topological polar surface area (TPSA) is 37.4 Å². The minimum atomic E-state index is -0.880. The second-order valence-electron chi connectivity index (χ2n) is 5.41. The number of amides is 1. The maximum Gasteiger partial charge on any atom is 0.253 e. The number of hydrogen-bond acceptors (Lipinski definition) is 2. The highest BCUT2D eigenvalue weighted by molar-refractivity contribution is 7.83. The summed E-state index contributed by atoms with van der Waals surface area (Å²) in [7, 11) is 0.991. The van der Waals surface area contributed by atoms with Crippen molar-refractivity contribution in [2.45, 2.75) is 31.6 Å². The van der Waals surface area contributed by atoms with E-state index in [4.69, 9.17) is 0 Å². The second-order valence-corrected chi connectivity index (χ2v) is 6.85. The number of carbonyl (C=O) groups excluding carboxylic acids is 1. The molecule has 104 valence electrons. The summed E-state index contributed by atoms with van der Waals surface area (Å²) in [6.45, 7) is 2.11. The molecule has 1 saturated carbocycles. The zero-order valence-electron chi connectivity index (χ0n) is 11.8. The van der Waals surface area contributed by atoms with Gasteiger partial charge in [-0.1, -0.05) is 12.1 Å². The van der Waals surface area contributed by atoms with Gasteiger partial charge in [-0.2, -0.15) is 0 Å². The molecule has 0 aliphatic heterocycles. The quantitative estimate of drug-likeness (QED) is 0.830. The molecule has 2 rings (SSSR count). The Morgan fingerprint density at radius 1 is 1.47 bits per heavy atom. The van der Waals surface area contributed by atoms with Gasteiger partial charge in [-0.15, -0.1) is 0 Å². The standard InChI is InChI=1S/C15H21NO2S/c1-11(13-7-8-13)16(2)15(17)14-6-4-5-12(9-14)10-19(3)18/h4-6,9,11,13H,7-8,10H2,1-3H3/t11-,19-/m0/s1. The van der Waals surface area contributed by atoms with E-state index in [0.29, 0.717) is 23.3 Å². The zero-order chi connectivity index (χ0) is 14.0. The summed E-state index contributed by atoms with van der Waals surface area (Å²) in [4.78, 5) is 14.2. The van der Waals surface area contributed by atoms with E-state index in [0.717, 1.165) is 5.56 Å². The summed E-state index contributed by atoms with van der Waals surface area (Å²) < 4.78 is 11.2. The van der Waals surface area contributed by atoms with Crippen molar-refractivity contribution in [1.82, 2.24) is 4.90 Å². The molecule has 4 heteroatoms. The molecule has 0 N–H and O–H groups in total. The Kier molecular flexibility index (Phi) is 4.40. The van der Waals surface area contributed by atoms with E-state index < -0.39 is 10.8 Å². The molecule has 0 saturated heterocycles. The van der Waals surface area contributed by atoms with E-state index in [1.807, 2.05) is 36.2 Å². The van der Waals surface area contributed by atoms with Crippen LogP contribution in [0, 0.1) is 5.92 Å². The molecule has 1 aromatic rings. The Bertz CT molecular complexity index is 497. The van der Waals surface area contributed by atoms with Crippen molar-refractivity contribution in [2.75, 3.05) is 13.3 Å². The first kappa shape index (κ1) is 14.3. The number of rotatable bonds is 5. The van der Waals surface area contributed by atoms with Gasteiger partial charge >= 0.3 is 0 Å². The average Bonchev–Trinajstić information content (AvgIpc) is 3.20. The number of benzene rings is 1. The fraction of sp³-hybridized carbons (Fsp3) is 0.533. The molecule has 0 heterocycles. The summed E-state index contributed by atoms with van der Waals surface area (Å²) >= 11 is 0. The van der Waals surface area contributed by atoms with Crippen LogP contribution in [0.25, 0.3) is 0 Å². The highest BCUT2D eigenvalue weighted by atomic mass is 32.2. The highest BCUT2D eigenvalue weighted by Crippen LogP contribution is 2.35. The third-order valence-corrected chi connectivity index (χ3v) is 4.52. The van der Waals surface area contributed by atoms with E-state index in [9.17, 15) is 9.00 Å². The second kappa shape index (κ2) is 5.87. The molecule has 0 aromatic heterocycles. The maximum atomic E-state index is 12.4. The Balaban J connectivity index is 2.11. The molecule has 2 atom stereocenters. The van der Waals surface area contributed by atoms with Crippen molar-refractivity contribution in [3.8, 4) is 0 Å². The third kappa shape index (κ3) is 3.66. The van der Waals surface area contributed by atoms with E-state index in [1.165, 1.54) is 12.8 Å². The van der Waals surface area contributed by atoms with Crippen LogP contribution in [0.5, 0.6) is 0 Å². The number of hydrogen-bond donors (Lipinski definition) is 0. The van der Waals surface area contributed by atoms with Gasteiger partial charge in [0.25, 0.3) is 5.91 Å². The van der Waals surface area contributed by atoms with Crippen molar-refractivity contribution in [2.24, 2.45) is 5.92 Å². The van der Waals surface area contributed by atoms with Crippen LogP contribution in [0.15, 0.2) is 24.3 Å². The van der Waals surface area contributed by atoms with E-state index in [1.54, 1.807) is 6.26 Å². The summed E-state index contributed by atoms with van der Waals surface area (Å²) in [5, 5.41) is 0. The molecular weight excluding hydrogens is 258 g/mol. The van der Waals surface area contributed by atoms with Gasteiger partial charge in [0, 0.05) is 41.5 Å². The molecule has 1 aromatic carbocycles. The van der Waals surface area contributed by atoms with Crippen molar-refractivity contribution in [3.63, 3.8) is 0 Å². The smallest absolute Gasteiger partial charge is 0.253 e. The van der Waals surface area contributed by atoms with Gasteiger partial charge in [-0.3, -0.25) is 9.00 Å². The van der Waals surface area contributed by atoms with Crippen LogP contribution in [-0.2, 0) is 16.6 Å². The lowest BCUT2D eigenvalue weighted by Gasteiger charge is -2.25. The molecule has 19 heavy (non-hydrogen) atoms. The Hall–Kier alpha value is -1.16. The van der Waals surface area contributed by atoms with Crippen molar-refractivity contribution >= 4 is 16.7 Å². The molecule has 1 amide bonds. The zero-order valence-corrected chi connectivity index (χ0v) is 12.6. The van der Waals surface area contributed by atoms with Gasteiger partial charge in [0.1, 0.15) is 0 Å². The lowest BCUT2D eigenvalue weighted by Crippen LogP contribution is -2.36. The minimum Gasteiger partial charge on any atom is -0.339 e. The first-order valence-electron chi connectivity index (χ1n) is 6.65. The summed E-state index contributed by atoms with van der Waals surface area (Å²) in [6.07, 6.45) is 4.14. The van der Waals surface area contributed by atoms with Gasteiger partial charge < -0.3 is 4.90 Å². The van der Waals surface area contributed by atoms with Crippen LogP contribution in [0.3, 0.4) is 0 Å². The van der Waals surface area contributed by atoms with Gasteiger partial charge in [0.05, 0.1) is 0 Å². The number of nitrogens with zero attached hydrogens (tertiary/aromatic N) is 1. The molecule has 1 aliphatic rings. The molecule has 1 fully saturated rings. The van der Waals surface area contributed by atoms with Crippen LogP contribution in [0.1, 0.15) is 35.7 Å². The Morgan fingerprint density at radius 3 is 2.74 bits per heavy atom. The van der Waals surface area contributed by atoms with Gasteiger partial charge in [0.15, 0.2) is 0 Å². The first-order chi connectivity index (χ1) is 8.99. The molecule has 0 spiro atoms. The fourth-order valence-corrected chi connectivity index (χ4v) is 2.96. The lowest BCUT2D eigenvalue weighted by atomic mass is 10.1. The van der Waals surface area contributed by atoms with Gasteiger partial charge in [0.2, 0.25) is 0 Å². The minimum absolute atomic E-state index is 0.0585. The predicted octanol–water partition coefficient (Wildman–Crippen LogP) is 2.44. The summed E-state index contributed by atoms with van der Waals surface area (Å²) in [6, 6.07) is 7.78. The van der Waals surface area contributed by atoms with Gasteiger partial charge in [-0.05, 0) is 43.4 Å². The molecular formula is C15H21NO2S. The monoisotopic (exact) mass is 279 g/mol. The highest BCUT2D eigenvalue weighted by Gasteiger charge is 2.32. The third-order valence-electron chi connectivity index (χ3n) is 3.78. The molecule has 3 nitrogen and oxygen atoms in total. The lowest BCUT2D eigenvalue weighted by molar-refractivity contribution is 0.0727. The fourth-order valence-electron chi connectivity index (χ4n) is 2.31. The first-order valence-corrected chi connectivity index (χ1v) is 8.38. The molecule has 0 unspecified atom stereocenters. The van der Waals surface area contributed by atoms with Crippen molar-refractivity contribution < 1.29 is 9.00 Å². The van der Waals surface area contributed by atoms with Gasteiger partial charge in [-0.25, -0.2) is 0 Å². The van der Waals surface area contributed by atoms with Crippen molar-refractivity contribution in [1.29, 1.82) is 0 Å². The van der Waals surface area contributed by atoms with Crippen molar-refractivity contribution in [3.05, 3.63) is 35.4 Å². The van der Waals surface area contributed by atoms with E-state index in [-0.39, 0.29) is 5.91 Å². The van der Waals surface area contributed by atoms with Crippen LogP contribution in [0.2, 0.25) is 0 Å². The van der Waals surface area contributed by atoms with Crippen LogP contribution >= 0.6 is 0 Å². The van der Waals surface area contributed by atoms with Crippen LogP contribution < -0.4 is 0 Å². The van der Waals surface area contributed by atoms with E-state index in [2.05, 4.69) is 6.92 Å². The largest absolute Gasteiger partial charge is 0.339 e. The van der Waals surface area contributed by atoms with E-state index >= 15 is 0 Å². The average molecular weight is 279 g/mol.